The summed E-state index contributed by atoms with van der Waals surface area (Å²) in [6, 6.07) is 0. The third-order valence-corrected chi connectivity index (χ3v) is 1.51. The first-order chi connectivity index (χ1) is 5.45. The largest absolute Gasteiger partial charge is 0.370 e. The Bertz CT molecular complexity index is 161. The molecule has 0 saturated carbocycles. The number of nitrogens with zero attached hydrogens (tertiary/aromatic N) is 1. The van der Waals surface area contributed by atoms with E-state index in [4.69, 9.17) is 22.3 Å². The number of nitrogens with two attached hydrogens (primary N) is 2. The molecule has 0 aliphatic heterocycles. The van der Waals surface area contributed by atoms with Crippen LogP contribution >= 0.6 is 0 Å². The van der Waals surface area contributed by atoms with Gasteiger partial charge in [-0.15, -0.1) is 0 Å². The summed E-state index contributed by atoms with van der Waals surface area (Å²) in [5.41, 5.74) is 10.4. The van der Waals surface area contributed by atoms with Crippen LogP contribution in [0.15, 0.2) is 0 Å². The molecule has 0 aliphatic rings. The van der Waals surface area contributed by atoms with Gasteiger partial charge in [0.05, 0.1) is 0 Å². The second kappa shape index (κ2) is 4.58. The van der Waals surface area contributed by atoms with Gasteiger partial charge in [-0.3, -0.25) is 15.7 Å². The summed E-state index contributed by atoms with van der Waals surface area (Å²) >= 11 is 0. The molecular weight excluding hydrogens is 154 g/mol. The fourth-order valence-corrected chi connectivity index (χ4v) is 0.758. The van der Waals surface area contributed by atoms with Gasteiger partial charge in [-0.2, -0.15) is 0 Å². The molecule has 0 fully saturated rings. The van der Waals surface area contributed by atoms with Crippen LogP contribution in [0.3, 0.4) is 0 Å². The van der Waals surface area contributed by atoms with Gasteiger partial charge in [-0.05, 0) is 12.3 Å². The van der Waals surface area contributed by atoms with Gasteiger partial charge in [0.2, 0.25) is 0 Å². The Hall–Kier alpha value is -1.26. The van der Waals surface area contributed by atoms with Gasteiger partial charge in [-0.25, -0.2) is 0 Å². The molecule has 0 radical (unpaired) electrons. The van der Waals surface area contributed by atoms with Crippen LogP contribution in [-0.4, -0.2) is 23.4 Å². The first-order valence-corrected chi connectivity index (χ1v) is 3.90. The second-order valence-corrected chi connectivity index (χ2v) is 3.10. The summed E-state index contributed by atoms with van der Waals surface area (Å²) in [7, 11) is 0. The van der Waals surface area contributed by atoms with Crippen LogP contribution in [0.4, 0.5) is 0 Å². The van der Waals surface area contributed by atoms with Crippen LogP contribution in [0.25, 0.3) is 0 Å². The first-order valence-electron chi connectivity index (χ1n) is 3.90. The van der Waals surface area contributed by atoms with Crippen LogP contribution in [0.5, 0.6) is 0 Å². The molecule has 5 heteroatoms. The summed E-state index contributed by atoms with van der Waals surface area (Å²) in [5, 5.41) is 14.2. The third kappa shape index (κ3) is 3.80. The Balaban J connectivity index is 3.97. The number of guanidine groups is 2. The van der Waals surface area contributed by atoms with Gasteiger partial charge in [0.25, 0.3) is 0 Å². The summed E-state index contributed by atoms with van der Waals surface area (Å²) in [4.78, 5) is 1.28. The van der Waals surface area contributed by atoms with Crippen molar-refractivity contribution in [3.05, 3.63) is 0 Å². The average Bonchev–Trinajstić information content (AvgIpc) is 1.84. The number of hydrogen-bond donors (Lipinski definition) is 4. The first kappa shape index (κ1) is 10.7. The van der Waals surface area contributed by atoms with E-state index in [1.54, 1.807) is 0 Å². The third-order valence-electron chi connectivity index (χ3n) is 1.51. The minimum Gasteiger partial charge on any atom is -0.370 e. The highest BCUT2D eigenvalue weighted by atomic mass is 15.3. The smallest absolute Gasteiger partial charge is 0.195 e. The van der Waals surface area contributed by atoms with Crippen LogP contribution in [-0.2, 0) is 0 Å². The fraction of sp³-hybridized carbons (Fsp3) is 0.714. The lowest BCUT2D eigenvalue weighted by atomic mass is 10.1. The Morgan fingerprint density at radius 3 is 1.92 bits per heavy atom. The van der Waals surface area contributed by atoms with Gasteiger partial charge in [0.15, 0.2) is 11.9 Å². The van der Waals surface area contributed by atoms with E-state index in [1.807, 2.05) is 0 Å². The van der Waals surface area contributed by atoms with Gasteiger partial charge >= 0.3 is 0 Å². The highest BCUT2D eigenvalue weighted by Gasteiger charge is 2.09. The molecule has 0 aliphatic carbocycles. The van der Waals surface area contributed by atoms with E-state index in [0.717, 1.165) is 6.42 Å². The lowest BCUT2D eigenvalue weighted by Gasteiger charge is -2.20. The molecule has 0 rings (SSSR count). The fourth-order valence-electron chi connectivity index (χ4n) is 0.758. The van der Waals surface area contributed by atoms with Crippen LogP contribution in [0.1, 0.15) is 20.3 Å². The molecule has 12 heavy (non-hydrogen) atoms. The highest BCUT2D eigenvalue weighted by molar-refractivity contribution is 5.94. The maximum atomic E-state index is 7.11. The Labute approximate surface area is 72.7 Å². The second-order valence-electron chi connectivity index (χ2n) is 3.10. The zero-order valence-corrected chi connectivity index (χ0v) is 7.59. The van der Waals surface area contributed by atoms with Crippen molar-refractivity contribution in [2.45, 2.75) is 20.3 Å². The van der Waals surface area contributed by atoms with E-state index in [-0.39, 0.29) is 11.9 Å². The number of nitrogens with one attached hydrogen (secondary N) is 2. The van der Waals surface area contributed by atoms with Crippen molar-refractivity contribution in [2.24, 2.45) is 17.4 Å². The molecule has 0 saturated heterocycles. The normalized spacial score (nSPS) is 9.92. The van der Waals surface area contributed by atoms with E-state index in [2.05, 4.69) is 13.8 Å². The lowest BCUT2D eigenvalue weighted by molar-refractivity contribution is 0.483. The predicted molar refractivity (Wildman–Crippen MR) is 50.0 cm³/mol. The van der Waals surface area contributed by atoms with Crippen LogP contribution < -0.4 is 11.5 Å². The summed E-state index contributed by atoms with van der Waals surface area (Å²) in [6.07, 6.45) is 0.874. The Morgan fingerprint density at radius 1 is 1.25 bits per heavy atom. The lowest BCUT2D eigenvalue weighted by Crippen LogP contribution is -2.45. The van der Waals surface area contributed by atoms with E-state index >= 15 is 0 Å². The maximum Gasteiger partial charge on any atom is 0.195 e. The van der Waals surface area contributed by atoms with Gasteiger partial charge in [0, 0.05) is 6.54 Å². The SMILES string of the molecule is CC(C)CCN(C(=N)N)C(=N)N. The molecule has 0 heterocycles. The quantitative estimate of drug-likeness (QED) is 0.358. The molecule has 5 nitrogen and oxygen atoms in total. The van der Waals surface area contributed by atoms with E-state index in [0.29, 0.717) is 12.5 Å². The summed E-state index contributed by atoms with van der Waals surface area (Å²) in [5.74, 6) is 0.192. The van der Waals surface area contributed by atoms with Gasteiger partial charge < -0.3 is 11.5 Å². The van der Waals surface area contributed by atoms with Crippen molar-refractivity contribution in [3.8, 4) is 0 Å². The van der Waals surface area contributed by atoms with Crippen molar-refractivity contribution < 1.29 is 0 Å². The predicted octanol–water partition coefficient (Wildman–Crippen LogP) is 0.121. The van der Waals surface area contributed by atoms with Crippen LogP contribution in [0.2, 0.25) is 0 Å². The number of rotatable bonds is 3. The molecular formula is C7H17N5. The zero-order chi connectivity index (χ0) is 9.72. The molecule has 0 atom stereocenters. The maximum absolute atomic E-state index is 7.11. The summed E-state index contributed by atoms with van der Waals surface area (Å²) in [6.45, 7) is 4.68. The molecule has 0 aromatic rings. The van der Waals surface area contributed by atoms with Crippen molar-refractivity contribution >= 4 is 11.9 Å². The molecule has 6 N–H and O–H groups in total. The monoisotopic (exact) mass is 171 g/mol. The van der Waals surface area contributed by atoms with Crippen molar-refractivity contribution in [1.82, 2.24) is 4.90 Å². The van der Waals surface area contributed by atoms with Crippen molar-refractivity contribution in [3.63, 3.8) is 0 Å². The molecule has 0 spiro atoms. The average molecular weight is 171 g/mol. The topological polar surface area (TPSA) is 103 Å². The van der Waals surface area contributed by atoms with Crippen LogP contribution in [0, 0.1) is 16.7 Å². The minimum absolute atomic E-state index is 0.164. The summed E-state index contributed by atoms with van der Waals surface area (Å²) < 4.78 is 0. The molecule has 0 bridgehead atoms. The van der Waals surface area contributed by atoms with E-state index < -0.39 is 0 Å². The molecule has 70 valence electrons. The van der Waals surface area contributed by atoms with Gasteiger partial charge in [0.1, 0.15) is 0 Å². The molecule has 0 unspecified atom stereocenters. The van der Waals surface area contributed by atoms with E-state index in [9.17, 15) is 0 Å². The number of hydrogen-bond acceptors (Lipinski definition) is 2. The van der Waals surface area contributed by atoms with E-state index in [1.165, 1.54) is 4.90 Å². The molecule has 0 aromatic carbocycles. The minimum atomic E-state index is -0.164. The van der Waals surface area contributed by atoms with Crippen molar-refractivity contribution in [2.75, 3.05) is 6.54 Å². The Morgan fingerprint density at radius 2 is 1.67 bits per heavy atom. The zero-order valence-electron chi connectivity index (χ0n) is 7.59. The standard InChI is InChI=1S/C7H17N5/c1-5(2)3-4-12(6(8)9)7(10)11/h5H,3-4H2,1-2H3,(H3,8,9)(H3,10,11). The van der Waals surface area contributed by atoms with Gasteiger partial charge in [-0.1, -0.05) is 13.8 Å². The van der Waals surface area contributed by atoms with Crippen molar-refractivity contribution in [1.29, 1.82) is 10.8 Å². The molecule has 0 amide bonds. The molecule has 0 aromatic heterocycles. The Kier molecular flexibility index (Phi) is 4.10. The highest BCUT2D eigenvalue weighted by Crippen LogP contribution is 2.00.